The van der Waals surface area contributed by atoms with Crippen molar-refractivity contribution in [1.82, 2.24) is 10.2 Å². The number of aromatic amines is 1. The molecule has 0 aliphatic heterocycles. The molecular weight excluding hydrogens is 250 g/mol. The van der Waals surface area contributed by atoms with E-state index in [-0.39, 0.29) is 4.90 Å². The number of rotatable bonds is 4. The van der Waals surface area contributed by atoms with Crippen molar-refractivity contribution in [1.29, 1.82) is 0 Å². The Labute approximate surface area is 107 Å². The highest BCUT2D eigenvalue weighted by molar-refractivity contribution is 7.92. The summed E-state index contributed by atoms with van der Waals surface area (Å²) in [5.74, 6) is 0. The van der Waals surface area contributed by atoms with Crippen molar-refractivity contribution in [3.05, 3.63) is 42.2 Å². The second-order valence-electron chi connectivity index (χ2n) is 3.89. The van der Waals surface area contributed by atoms with Crippen molar-refractivity contribution in [3.8, 4) is 0 Å². The summed E-state index contributed by atoms with van der Waals surface area (Å²) in [6.07, 6.45) is 2.70. The van der Waals surface area contributed by atoms with Crippen LogP contribution < -0.4 is 4.31 Å². The third-order valence-electron chi connectivity index (χ3n) is 2.73. The Kier molecular flexibility index (Phi) is 3.38. The van der Waals surface area contributed by atoms with Crippen LogP contribution in [0.2, 0.25) is 0 Å². The van der Waals surface area contributed by atoms with Crippen LogP contribution in [0.5, 0.6) is 0 Å². The molecule has 18 heavy (non-hydrogen) atoms. The molecule has 0 atom stereocenters. The van der Waals surface area contributed by atoms with Gasteiger partial charge in [0.05, 0.1) is 11.9 Å². The van der Waals surface area contributed by atoms with Gasteiger partial charge in [0.15, 0.2) is 0 Å². The molecule has 2 rings (SSSR count). The first-order valence-corrected chi connectivity index (χ1v) is 7.08. The maximum Gasteiger partial charge on any atom is 0.267 e. The number of H-pyrrole nitrogens is 1. The Balaban J connectivity index is 2.51. The predicted molar refractivity (Wildman–Crippen MR) is 70.0 cm³/mol. The molecule has 2 aromatic rings. The highest BCUT2D eigenvalue weighted by Gasteiger charge is 2.25. The second-order valence-corrected chi connectivity index (χ2v) is 5.75. The van der Waals surface area contributed by atoms with Crippen molar-refractivity contribution in [2.24, 2.45) is 0 Å². The number of hydrogen-bond acceptors (Lipinski definition) is 3. The average molecular weight is 265 g/mol. The zero-order valence-corrected chi connectivity index (χ0v) is 11.1. The van der Waals surface area contributed by atoms with E-state index in [4.69, 9.17) is 0 Å². The van der Waals surface area contributed by atoms with Gasteiger partial charge in [0.2, 0.25) is 0 Å². The van der Waals surface area contributed by atoms with Gasteiger partial charge >= 0.3 is 0 Å². The highest BCUT2D eigenvalue weighted by Crippen LogP contribution is 2.25. The molecule has 1 aromatic heterocycles. The van der Waals surface area contributed by atoms with E-state index in [0.717, 1.165) is 5.56 Å². The standard InChI is InChI=1S/C12H15N3O2S/c1-3-15(12-7-5-4-6-10(12)2)18(16,17)11-8-13-14-9-11/h4-9H,3H2,1-2H3,(H,13,14). The summed E-state index contributed by atoms with van der Waals surface area (Å²) in [6, 6.07) is 7.41. The molecular formula is C12H15N3O2S. The van der Waals surface area contributed by atoms with Gasteiger partial charge < -0.3 is 0 Å². The lowest BCUT2D eigenvalue weighted by Gasteiger charge is -2.23. The number of nitrogens with zero attached hydrogens (tertiary/aromatic N) is 2. The van der Waals surface area contributed by atoms with E-state index in [0.29, 0.717) is 12.2 Å². The van der Waals surface area contributed by atoms with Crippen LogP contribution in [0.3, 0.4) is 0 Å². The highest BCUT2D eigenvalue weighted by atomic mass is 32.2. The van der Waals surface area contributed by atoms with Gasteiger partial charge in [-0.3, -0.25) is 9.40 Å². The monoisotopic (exact) mass is 265 g/mol. The van der Waals surface area contributed by atoms with Crippen molar-refractivity contribution in [3.63, 3.8) is 0 Å². The quantitative estimate of drug-likeness (QED) is 0.918. The van der Waals surface area contributed by atoms with Crippen LogP contribution >= 0.6 is 0 Å². The van der Waals surface area contributed by atoms with Crippen LogP contribution in [0.25, 0.3) is 0 Å². The Morgan fingerprint density at radius 2 is 2.06 bits per heavy atom. The first-order valence-electron chi connectivity index (χ1n) is 5.64. The molecule has 0 unspecified atom stereocenters. The number of aryl methyl sites for hydroxylation is 1. The smallest absolute Gasteiger partial charge is 0.267 e. The van der Waals surface area contributed by atoms with Crippen LogP contribution in [0.15, 0.2) is 41.6 Å². The van der Waals surface area contributed by atoms with Gasteiger partial charge in [-0.2, -0.15) is 5.10 Å². The van der Waals surface area contributed by atoms with Gasteiger partial charge in [-0.1, -0.05) is 18.2 Å². The van der Waals surface area contributed by atoms with E-state index >= 15 is 0 Å². The summed E-state index contributed by atoms with van der Waals surface area (Å²) >= 11 is 0. The fraction of sp³-hybridized carbons (Fsp3) is 0.250. The number of sulfonamides is 1. The largest absolute Gasteiger partial charge is 0.284 e. The zero-order chi connectivity index (χ0) is 13.2. The van der Waals surface area contributed by atoms with Crippen LogP contribution in [0, 0.1) is 6.92 Å². The minimum atomic E-state index is -3.54. The number of hydrogen-bond donors (Lipinski definition) is 1. The number of nitrogens with one attached hydrogen (secondary N) is 1. The number of benzene rings is 1. The molecule has 0 spiro atoms. The Morgan fingerprint density at radius 1 is 1.33 bits per heavy atom. The number of anilines is 1. The van der Waals surface area contributed by atoms with E-state index in [1.54, 1.807) is 6.07 Å². The molecule has 0 aliphatic carbocycles. The average Bonchev–Trinajstić information content (AvgIpc) is 2.86. The summed E-state index contributed by atoms with van der Waals surface area (Å²) < 4.78 is 26.3. The molecule has 6 heteroatoms. The van der Waals surface area contributed by atoms with Gasteiger partial charge in [-0.05, 0) is 25.5 Å². The van der Waals surface area contributed by atoms with E-state index in [1.165, 1.54) is 16.7 Å². The Hall–Kier alpha value is -1.82. The molecule has 0 amide bonds. The first kappa shape index (κ1) is 12.6. The molecule has 0 bridgehead atoms. The van der Waals surface area contributed by atoms with Crippen molar-refractivity contribution >= 4 is 15.7 Å². The Bertz CT molecular complexity index is 621. The number of aromatic nitrogens is 2. The van der Waals surface area contributed by atoms with Crippen molar-refractivity contribution in [2.75, 3.05) is 10.8 Å². The zero-order valence-electron chi connectivity index (χ0n) is 10.3. The molecule has 5 nitrogen and oxygen atoms in total. The molecule has 0 saturated heterocycles. The van der Waals surface area contributed by atoms with E-state index < -0.39 is 10.0 Å². The van der Waals surface area contributed by atoms with Crippen LogP contribution in [0.1, 0.15) is 12.5 Å². The Morgan fingerprint density at radius 3 is 2.61 bits per heavy atom. The lowest BCUT2D eigenvalue weighted by Crippen LogP contribution is -2.31. The molecule has 0 radical (unpaired) electrons. The minimum absolute atomic E-state index is 0.174. The summed E-state index contributed by atoms with van der Waals surface area (Å²) in [6.45, 7) is 4.07. The molecule has 1 N–H and O–H groups in total. The molecule has 1 heterocycles. The normalized spacial score (nSPS) is 11.4. The summed E-state index contributed by atoms with van der Waals surface area (Å²) in [5, 5.41) is 6.22. The third kappa shape index (κ3) is 2.11. The van der Waals surface area contributed by atoms with Gasteiger partial charge in [-0.15, -0.1) is 0 Å². The summed E-state index contributed by atoms with van der Waals surface area (Å²) in [5.41, 5.74) is 1.62. The van der Waals surface area contributed by atoms with Gasteiger partial charge in [0.1, 0.15) is 4.90 Å². The minimum Gasteiger partial charge on any atom is -0.284 e. The van der Waals surface area contributed by atoms with E-state index in [1.807, 2.05) is 32.0 Å². The van der Waals surface area contributed by atoms with Gasteiger partial charge in [0, 0.05) is 12.7 Å². The third-order valence-corrected chi connectivity index (χ3v) is 4.59. The fourth-order valence-electron chi connectivity index (χ4n) is 1.82. The van der Waals surface area contributed by atoms with Gasteiger partial charge in [0.25, 0.3) is 10.0 Å². The van der Waals surface area contributed by atoms with Crippen LogP contribution in [-0.2, 0) is 10.0 Å². The lowest BCUT2D eigenvalue weighted by atomic mass is 10.2. The van der Waals surface area contributed by atoms with Gasteiger partial charge in [-0.25, -0.2) is 8.42 Å². The molecule has 96 valence electrons. The SMILES string of the molecule is CCN(c1ccccc1C)S(=O)(=O)c1cn[nH]c1. The van der Waals surface area contributed by atoms with Crippen molar-refractivity contribution < 1.29 is 8.42 Å². The second kappa shape index (κ2) is 4.81. The maximum atomic E-state index is 12.4. The molecule has 0 aliphatic rings. The van der Waals surface area contributed by atoms with Crippen LogP contribution in [0.4, 0.5) is 5.69 Å². The summed E-state index contributed by atoms with van der Waals surface area (Å²) in [4.78, 5) is 0.174. The van der Waals surface area contributed by atoms with Crippen LogP contribution in [-0.4, -0.2) is 25.2 Å². The van der Waals surface area contributed by atoms with E-state index in [2.05, 4.69) is 10.2 Å². The predicted octanol–water partition coefficient (Wildman–Crippen LogP) is 1.93. The maximum absolute atomic E-state index is 12.4. The molecule has 0 saturated carbocycles. The number of para-hydroxylation sites is 1. The lowest BCUT2D eigenvalue weighted by molar-refractivity contribution is 0.592. The topological polar surface area (TPSA) is 66.1 Å². The van der Waals surface area contributed by atoms with E-state index in [9.17, 15) is 8.42 Å². The molecule has 1 aromatic carbocycles. The summed E-state index contributed by atoms with van der Waals surface area (Å²) in [7, 11) is -3.54. The first-order chi connectivity index (χ1) is 8.57. The van der Waals surface area contributed by atoms with Crippen molar-refractivity contribution in [2.45, 2.75) is 18.7 Å². The fourth-order valence-corrected chi connectivity index (χ4v) is 3.27. The molecule has 0 fully saturated rings.